The van der Waals surface area contributed by atoms with Gasteiger partial charge in [-0.1, -0.05) is 37.3 Å². The van der Waals surface area contributed by atoms with Crippen LogP contribution in [0.5, 0.6) is 0 Å². The standard InChI is InChI=1S/C42H48N4O8S.2Na.2H/c1-4-45(5-2)35-24-25-38(37(27-35)40(48)43-33-20-14-29(15-21-33)11-10-28-12-16-30(17-13-28)41(49)50)44-39(47)32-8-7-9-36(26-32)55(53,54)46(6-3)34-22-18-31(19-23-34)42(51)52;;;;/h7-9,12-17,20-21,24-27,31,34H,4-6,10-11,18-19,22-23H2,1-3H3,(H,43,48)(H,44,47)(H,49,50)(H,51,52);;;;/q;2*+1;2*-1. The third-order valence-corrected chi connectivity index (χ3v) is 12.2. The van der Waals surface area contributed by atoms with Crippen molar-refractivity contribution in [1.82, 2.24) is 4.31 Å². The zero-order valence-corrected chi connectivity index (χ0v) is 38.1. The molecule has 12 nitrogen and oxygen atoms in total. The van der Waals surface area contributed by atoms with E-state index >= 15 is 0 Å². The second-order valence-corrected chi connectivity index (χ2v) is 15.5. The maximum atomic E-state index is 13.8. The Labute approximate surface area is 382 Å². The molecule has 4 aromatic carbocycles. The molecule has 15 heteroatoms. The fourth-order valence-electron chi connectivity index (χ4n) is 7.03. The van der Waals surface area contributed by atoms with Crippen LogP contribution in [0.3, 0.4) is 0 Å². The Bertz CT molecular complexity index is 2130. The number of nitrogens with one attached hydrogen (secondary N) is 2. The van der Waals surface area contributed by atoms with Crippen LogP contribution in [-0.4, -0.2) is 72.4 Å². The molecule has 0 radical (unpaired) electrons. The van der Waals surface area contributed by atoms with Crippen molar-refractivity contribution >= 4 is 50.8 Å². The van der Waals surface area contributed by atoms with E-state index in [0.717, 1.165) is 23.2 Å². The minimum absolute atomic E-state index is 0. The monoisotopic (exact) mass is 816 g/mol. The van der Waals surface area contributed by atoms with Crippen LogP contribution in [0.25, 0.3) is 0 Å². The molecule has 57 heavy (non-hydrogen) atoms. The summed E-state index contributed by atoms with van der Waals surface area (Å²) >= 11 is 0. The number of hydrogen-bond donors (Lipinski definition) is 4. The Morgan fingerprint density at radius 3 is 1.84 bits per heavy atom. The number of carboxylic acids is 2. The molecular weight excluding hydrogens is 767 g/mol. The van der Waals surface area contributed by atoms with Gasteiger partial charge in [0, 0.05) is 42.6 Å². The van der Waals surface area contributed by atoms with Crippen molar-refractivity contribution in [1.29, 1.82) is 0 Å². The van der Waals surface area contributed by atoms with Crippen LogP contribution in [0.4, 0.5) is 17.1 Å². The molecule has 4 aromatic rings. The van der Waals surface area contributed by atoms with Gasteiger partial charge < -0.3 is 28.6 Å². The van der Waals surface area contributed by atoms with Gasteiger partial charge >= 0.3 is 71.1 Å². The molecule has 0 heterocycles. The number of carbonyl (C=O) groups excluding carboxylic acids is 2. The first kappa shape index (κ1) is 47.8. The van der Waals surface area contributed by atoms with Crippen molar-refractivity contribution in [3.63, 3.8) is 0 Å². The number of nitrogens with zero attached hydrogens (tertiary/aromatic N) is 2. The topological polar surface area (TPSA) is 173 Å². The van der Waals surface area contributed by atoms with Crippen molar-refractivity contribution in [3.05, 3.63) is 119 Å². The minimum atomic E-state index is -4.00. The molecule has 0 unspecified atom stereocenters. The molecule has 2 amide bonds. The number of benzene rings is 4. The van der Waals surface area contributed by atoms with Gasteiger partial charge in [0.25, 0.3) is 11.8 Å². The number of carboxylic acid groups (broad SMARTS) is 2. The Kier molecular flexibility index (Phi) is 18.5. The number of sulfonamides is 1. The summed E-state index contributed by atoms with van der Waals surface area (Å²) in [5, 5.41) is 24.3. The Balaban J connectivity index is 0.00000435. The molecular formula is C42H50N4Na2O8S. The summed E-state index contributed by atoms with van der Waals surface area (Å²) in [4.78, 5) is 52.2. The van der Waals surface area contributed by atoms with Gasteiger partial charge in [-0.25, -0.2) is 13.2 Å². The Morgan fingerprint density at radius 2 is 1.30 bits per heavy atom. The van der Waals surface area contributed by atoms with E-state index < -0.39 is 39.7 Å². The number of anilines is 3. The smallest absolute Gasteiger partial charge is 1.00 e. The number of amides is 2. The van der Waals surface area contributed by atoms with Gasteiger partial charge in [-0.15, -0.1) is 0 Å². The third kappa shape index (κ3) is 12.2. The number of aryl methyl sites for hydroxylation is 2. The third-order valence-electron chi connectivity index (χ3n) is 10.2. The molecule has 294 valence electrons. The Hall–Kier alpha value is -3.53. The summed E-state index contributed by atoms with van der Waals surface area (Å²) in [5.74, 6) is -3.34. The molecule has 5 rings (SSSR count). The molecule has 1 aliphatic carbocycles. The number of aromatic carboxylic acids is 1. The summed E-state index contributed by atoms with van der Waals surface area (Å²) in [6.45, 7) is 7.36. The van der Waals surface area contributed by atoms with Crippen LogP contribution >= 0.6 is 0 Å². The van der Waals surface area contributed by atoms with Crippen LogP contribution in [0.1, 0.15) is 91.5 Å². The van der Waals surface area contributed by atoms with Gasteiger partial charge in [-0.3, -0.25) is 14.4 Å². The molecule has 0 spiro atoms. The molecule has 0 saturated heterocycles. The van der Waals surface area contributed by atoms with Crippen molar-refractivity contribution in [3.8, 4) is 0 Å². The van der Waals surface area contributed by atoms with Crippen LogP contribution in [0.15, 0.2) is 95.9 Å². The summed E-state index contributed by atoms with van der Waals surface area (Å²) in [7, 11) is -4.00. The fourth-order valence-corrected chi connectivity index (χ4v) is 8.77. The number of carbonyl (C=O) groups is 4. The maximum absolute atomic E-state index is 13.8. The van der Waals surface area contributed by atoms with Crippen LogP contribution < -0.4 is 74.6 Å². The van der Waals surface area contributed by atoms with Crippen LogP contribution in [0, 0.1) is 5.92 Å². The van der Waals surface area contributed by atoms with Gasteiger partial charge in [0.1, 0.15) is 0 Å². The number of aliphatic carboxylic acids is 1. The molecule has 1 fully saturated rings. The molecule has 1 aliphatic rings. The average Bonchev–Trinajstić information content (AvgIpc) is 3.19. The van der Waals surface area contributed by atoms with Crippen molar-refractivity contribution < 1.29 is 99.8 Å². The quantitative estimate of drug-likeness (QED) is 0.122. The van der Waals surface area contributed by atoms with E-state index in [2.05, 4.69) is 15.5 Å². The first-order chi connectivity index (χ1) is 26.3. The first-order valence-electron chi connectivity index (χ1n) is 18.6. The van der Waals surface area contributed by atoms with Gasteiger partial charge in [0.2, 0.25) is 10.0 Å². The summed E-state index contributed by atoms with van der Waals surface area (Å²) in [6.07, 6.45) is 3.11. The summed E-state index contributed by atoms with van der Waals surface area (Å²) < 4.78 is 29.1. The second-order valence-electron chi connectivity index (χ2n) is 13.6. The van der Waals surface area contributed by atoms with E-state index in [9.17, 15) is 32.7 Å². The maximum Gasteiger partial charge on any atom is 1.00 e. The van der Waals surface area contributed by atoms with Gasteiger partial charge in [0.05, 0.1) is 27.6 Å². The summed E-state index contributed by atoms with van der Waals surface area (Å²) in [6, 6.07) is 24.9. The number of rotatable bonds is 16. The molecule has 4 N–H and O–H groups in total. The number of hydrogen-bond acceptors (Lipinski definition) is 7. The van der Waals surface area contributed by atoms with Crippen LogP contribution in [0.2, 0.25) is 0 Å². The normalized spacial score (nSPS) is 15.1. The zero-order chi connectivity index (χ0) is 39.7. The second kappa shape index (κ2) is 22.0. The summed E-state index contributed by atoms with van der Waals surface area (Å²) in [5.41, 5.74) is 4.21. The predicted molar refractivity (Wildman–Crippen MR) is 215 cm³/mol. The molecule has 0 aromatic heterocycles. The van der Waals surface area contributed by atoms with E-state index in [4.69, 9.17) is 5.11 Å². The van der Waals surface area contributed by atoms with Crippen molar-refractivity contribution in [2.24, 2.45) is 5.92 Å². The van der Waals surface area contributed by atoms with Crippen molar-refractivity contribution in [2.45, 2.75) is 70.2 Å². The predicted octanol–water partition coefficient (Wildman–Crippen LogP) is 1.41. The van der Waals surface area contributed by atoms with Crippen LogP contribution in [-0.2, 0) is 27.7 Å². The van der Waals surface area contributed by atoms with E-state index in [1.807, 2.05) is 32.0 Å². The first-order valence-corrected chi connectivity index (χ1v) is 20.1. The average molecular weight is 817 g/mol. The van der Waals surface area contributed by atoms with E-state index in [1.54, 1.807) is 55.5 Å². The van der Waals surface area contributed by atoms with Gasteiger partial charge in [-0.2, -0.15) is 4.31 Å². The van der Waals surface area contributed by atoms with E-state index in [0.29, 0.717) is 50.9 Å². The zero-order valence-electron chi connectivity index (χ0n) is 35.3. The minimum Gasteiger partial charge on any atom is -1.00 e. The van der Waals surface area contributed by atoms with E-state index in [-0.39, 0.29) is 102 Å². The molecule has 0 atom stereocenters. The van der Waals surface area contributed by atoms with Crippen molar-refractivity contribution in [2.75, 3.05) is 35.2 Å². The molecule has 1 saturated carbocycles. The molecule has 0 aliphatic heterocycles. The van der Waals surface area contributed by atoms with E-state index in [1.165, 1.54) is 28.6 Å². The fraction of sp³-hybridized carbons (Fsp3) is 0.333. The van der Waals surface area contributed by atoms with Gasteiger partial charge in [0.15, 0.2) is 0 Å². The van der Waals surface area contributed by atoms with Gasteiger partial charge in [-0.05, 0) is 124 Å². The Morgan fingerprint density at radius 1 is 0.702 bits per heavy atom. The molecule has 0 bridgehead atoms. The largest absolute Gasteiger partial charge is 1.00 e. The SMILES string of the molecule is CCN(CC)c1ccc(NC(=O)c2cccc(S(=O)(=O)N(CC)C3CCC(C(=O)O)CC3)c2)c(C(=O)Nc2ccc(CCc3ccc(C(=O)O)cc3)cc2)c1.[H-].[H-].[Na+].[Na+].